The van der Waals surface area contributed by atoms with E-state index < -0.39 is 24.3 Å². The highest BCUT2D eigenvalue weighted by atomic mass is 19.1. The highest BCUT2D eigenvalue weighted by Gasteiger charge is 2.12. The summed E-state index contributed by atoms with van der Waals surface area (Å²) in [5.41, 5.74) is 1.21. The Bertz CT molecular complexity index is 712. The zero-order valence-corrected chi connectivity index (χ0v) is 13.2. The Morgan fingerprint density at radius 2 is 1.83 bits per heavy atom. The Morgan fingerprint density at radius 3 is 2.42 bits per heavy atom. The van der Waals surface area contributed by atoms with Gasteiger partial charge in [0, 0.05) is 11.1 Å². The predicted octanol–water partition coefficient (Wildman–Crippen LogP) is 2.87. The van der Waals surface area contributed by atoms with Crippen LogP contribution < -0.4 is 4.74 Å². The smallest absolute Gasteiger partial charge is 0.306 e. The number of carboxylic acid groups (broad SMARTS) is 1. The molecule has 0 amide bonds. The number of hydrogen-bond donors (Lipinski definition) is 3. The molecule has 2 aromatic carbocycles. The van der Waals surface area contributed by atoms with E-state index in [0.29, 0.717) is 12.2 Å². The molecule has 0 aliphatic heterocycles. The molecular weight excluding hydrogens is 315 g/mol. The first kappa shape index (κ1) is 17.7. The molecule has 3 N–H and O–H groups in total. The molecule has 2 rings (SSSR count). The molecule has 0 fully saturated rings. The number of aliphatic hydroxyl groups excluding tert-OH is 1. The number of aromatic hydroxyl groups is 1. The summed E-state index contributed by atoms with van der Waals surface area (Å²) in [5, 5.41) is 27.9. The first-order valence-electron chi connectivity index (χ1n) is 7.46. The summed E-state index contributed by atoms with van der Waals surface area (Å²) in [5.74, 6) is -1.57. The van der Waals surface area contributed by atoms with Gasteiger partial charge in [-0.3, -0.25) is 4.79 Å². The summed E-state index contributed by atoms with van der Waals surface area (Å²) in [4.78, 5) is 10.8. The lowest BCUT2D eigenvalue weighted by atomic mass is 10.0. The lowest BCUT2D eigenvalue weighted by Gasteiger charge is -2.11. The molecular formula is C18H19FO5. The lowest BCUT2D eigenvalue weighted by molar-refractivity contribution is -0.141. The molecule has 0 aliphatic rings. The Balaban J connectivity index is 2.03. The molecule has 0 aliphatic carbocycles. The molecule has 6 heteroatoms. The quantitative estimate of drug-likeness (QED) is 0.725. The van der Waals surface area contributed by atoms with Crippen molar-refractivity contribution in [2.24, 2.45) is 5.92 Å². The third kappa shape index (κ3) is 4.45. The van der Waals surface area contributed by atoms with Crippen molar-refractivity contribution < 1.29 is 29.2 Å². The summed E-state index contributed by atoms with van der Waals surface area (Å²) < 4.78 is 18.9. The molecule has 0 spiro atoms. The summed E-state index contributed by atoms with van der Waals surface area (Å²) in [6.07, 6.45) is 0.417. The van der Waals surface area contributed by atoms with Crippen LogP contribution in [0.5, 0.6) is 11.5 Å². The fraction of sp³-hybridized carbons (Fsp3) is 0.278. The number of aliphatic hydroxyl groups is 1. The average molecular weight is 334 g/mol. The first-order chi connectivity index (χ1) is 11.4. The lowest BCUT2D eigenvalue weighted by Crippen LogP contribution is -2.12. The van der Waals surface area contributed by atoms with Crippen molar-refractivity contribution in [3.8, 4) is 11.5 Å². The van der Waals surface area contributed by atoms with E-state index in [-0.39, 0.29) is 23.5 Å². The zero-order valence-electron chi connectivity index (χ0n) is 13.2. The van der Waals surface area contributed by atoms with Crippen LogP contribution in [-0.4, -0.2) is 21.3 Å². The summed E-state index contributed by atoms with van der Waals surface area (Å²) in [6.45, 7) is 1.12. The minimum Gasteiger partial charge on any atom is -0.507 e. The van der Waals surface area contributed by atoms with E-state index in [1.165, 1.54) is 0 Å². The molecule has 2 aromatic rings. The first-order valence-corrected chi connectivity index (χ1v) is 7.46. The molecule has 1 atom stereocenters. The largest absolute Gasteiger partial charge is 0.507 e. The number of carbonyl (C=O) groups is 1. The van der Waals surface area contributed by atoms with Gasteiger partial charge in [0.2, 0.25) is 0 Å². The fourth-order valence-electron chi connectivity index (χ4n) is 2.27. The van der Waals surface area contributed by atoms with Crippen LogP contribution in [0.15, 0.2) is 36.4 Å². The number of ether oxygens (including phenoxy) is 1. The zero-order chi connectivity index (χ0) is 17.7. The van der Waals surface area contributed by atoms with Gasteiger partial charge in [-0.15, -0.1) is 0 Å². The monoisotopic (exact) mass is 334 g/mol. The van der Waals surface area contributed by atoms with E-state index >= 15 is 0 Å². The van der Waals surface area contributed by atoms with Gasteiger partial charge in [-0.2, -0.15) is 0 Å². The summed E-state index contributed by atoms with van der Waals surface area (Å²) in [6, 6.07) is 9.12. The number of aliphatic carboxylic acids is 1. The van der Waals surface area contributed by atoms with Gasteiger partial charge in [-0.1, -0.05) is 19.1 Å². The van der Waals surface area contributed by atoms with E-state index in [1.807, 2.05) is 0 Å². The number of benzene rings is 2. The van der Waals surface area contributed by atoms with E-state index in [4.69, 9.17) is 14.9 Å². The molecule has 5 nitrogen and oxygen atoms in total. The van der Waals surface area contributed by atoms with Gasteiger partial charge in [0.1, 0.15) is 23.9 Å². The van der Waals surface area contributed by atoms with Gasteiger partial charge in [0.15, 0.2) is 0 Å². The summed E-state index contributed by atoms with van der Waals surface area (Å²) >= 11 is 0. The number of carboxylic acids is 1. The molecule has 0 radical (unpaired) electrons. The Hall–Kier alpha value is -2.60. The Labute approximate surface area is 139 Å². The van der Waals surface area contributed by atoms with Crippen LogP contribution in [0.3, 0.4) is 0 Å². The SMILES string of the molecule is CC(Cc1ccc(OCc2cc(F)cc(CO)c2O)cc1)C(=O)O. The normalized spacial score (nSPS) is 12.0. The standard InChI is InChI=1S/C18H19FO5/c1-11(18(22)23)6-12-2-4-16(5-3-12)24-10-14-8-15(19)7-13(9-20)17(14)21/h2-5,7-8,11,20-21H,6,9-10H2,1H3,(H,22,23). The van der Waals surface area contributed by atoms with Crippen molar-refractivity contribution in [2.75, 3.05) is 0 Å². The van der Waals surface area contributed by atoms with Gasteiger partial charge < -0.3 is 20.1 Å². The molecule has 0 saturated heterocycles. The highest BCUT2D eigenvalue weighted by molar-refractivity contribution is 5.69. The average Bonchev–Trinajstić information content (AvgIpc) is 2.56. The van der Waals surface area contributed by atoms with Crippen LogP contribution in [0.2, 0.25) is 0 Å². The van der Waals surface area contributed by atoms with Crippen LogP contribution in [0.4, 0.5) is 4.39 Å². The van der Waals surface area contributed by atoms with E-state index in [1.54, 1.807) is 31.2 Å². The Kier molecular flexibility index (Phi) is 5.76. The van der Waals surface area contributed by atoms with Gasteiger partial charge in [0.25, 0.3) is 0 Å². The van der Waals surface area contributed by atoms with E-state index in [2.05, 4.69) is 0 Å². The van der Waals surface area contributed by atoms with E-state index in [0.717, 1.165) is 17.7 Å². The van der Waals surface area contributed by atoms with Crippen molar-refractivity contribution in [1.29, 1.82) is 0 Å². The van der Waals surface area contributed by atoms with E-state index in [9.17, 15) is 14.3 Å². The number of rotatable bonds is 7. The third-order valence-corrected chi connectivity index (χ3v) is 3.68. The van der Waals surface area contributed by atoms with Crippen molar-refractivity contribution in [2.45, 2.75) is 26.6 Å². The second kappa shape index (κ2) is 7.79. The molecule has 0 bridgehead atoms. The number of phenols is 1. The maximum atomic E-state index is 13.4. The minimum absolute atomic E-state index is 0.0541. The van der Waals surface area contributed by atoms with Crippen LogP contribution in [-0.2, 0) is 24.4 Å². The maximum absolute atomic E-state index is 13.4. The second-order valence-corrected chi connectivity index (χ2v) is 5.61. The third-order valence-electron chi connectivity index (χ3n) is 3.68. The van der Waals surface area contributed by atoms with Crippen LogP contribution >= 0.6 is 0 Å². The van der Waals surface area contributed by atoms with Crippen molar-refractivity contribution in [3.05, 3.63) is 58.9 Å². The minimum atomic E-state index is -0.850. The van der Waals surface area contributed by atoms with Crippen molar-refractivity contribution in [1.82, 2.24) is 0 Å². The van der Waals surface area contributed by atoms with Crippen LogP contribution in [0, 0.1) is 11.7 Å². The molecule has 0 heterocycles. The molecule has 1 unspecified atom stereocenters. The molecule has 0 aromatic heterocycles. The van der Waals surface area contributed by atoms with Crippen LogP contribution in [0.1, 0.15) is 23.6 Å². The van der Waals surface area contributed by atoms with Crippen molar-refractivity contribution in [3.63, 3.8) is 0 Å². The highest BCUT2D eigenvalue weighted by Crippen LogP contribution is 2.26. The van der Waals surface area contributed by atoms with Gasteiger partial charge in [-0.25, -0.2) is 4.39 Å². The summed E-state index contributed by atoms with van der Waals surface area (Å²) in [7, 11) is 0. The molecule has 128 valence electrons. The van der Waals surface area contributed by atoms with Gasteiger partial charge in [-0.05, 0) is 36.2 Å². The topological polar surface area (TPSA) is 87.0 Å². The van der Waals surface area contributed by atoms with Gasteiger partial charge in [0.05, 0.1) is 12.5 Å². The predicted molar refractivity (Wildman–Crippen MR) is 85.3 cm³/mol. The second-order valence-electron chi connectivity index (χ2n) is 5.61. The van der Waals surface area contributed by atoms with Gasteiger partial charge >= 0.3 is 5.97 Å². The Morgan fingerprint density at radius 1 is 1.21 bits per heavy atom. The molecule has 24 heavy (non-hydrogen) atoms. The fourth-order valence-corrected chi connectivity index (χ4v) is 2.27. The van der Waals surface area contributed by atoms with Crippen LogP contribution in [0.25, 0.3) is 0 Å². The van der Waals surface area contributed by atoms with Crippen molar-refractivity contribution >= 4 is 5.97 Å². The maximum Gasteiger partial charge on any atom is 0.306 e. The number of halogens is 1. The number of hydrogen-bond acceptors (Lipinski definition) is 4. The molecule has 0 saturated carbocycles.